The van der Waals surface area contributed by atoms with Gasteiger partial charge in [0.2, 0.25) is 0 Å². The van der Waals surface area contributed by atoms with Crippen LogP contribution in [0.25, 0.3) is 0 Å². The molecular formula is C25H26FN3O2. The predicted octanol–water partition coefficient (Wildman–Crippen LogP) is 5.14. The number of halogens is 1. The van der Waals surface area contributed by atoms with E-state index in [1.807, 2.05) is 13.0 Å². The van der Waals surface area contributed by atoms with Crippen LogP contribution in [0.1, 0.15) is 33.5 Å². The van der Waals surface area contributed by atoms with Gasteiger partial charge in [0, 0.05) is 5.69 Å². The first-order chi connectivity index (χ1) is 14.9. The fourth-order valence-corrected chi connectivity index (χ4v) is 3.59. The molecule has 0 saturated carbocycles. The Bertz CT molecular complexity index is 1140. The minimum atomic E-state index is -0.392. The molecule has 1 unspecified atom stereocenters. The lowest BCUT2D eigenvalue weighted by molar-refractivity contribution is 0.0623. The van der Waals surface area contributed by atoms with Crippen molar-refractivity contribution in [3.63, 3.8) is 0 Å². The van der Waals surface area contributed by atoms with Crippen LogP contribution in [0.5, 0.6) is 11.5 Å². The van der Waals surface area contributed by atoms with Crippen LogP contribution in [0.4, 0.5) is 4.39 Å². The number of hydrogen-bond acceptors (Lipinski definition) is 5. The second-order valence-electron chi connectivity index (χ2n) is 7.99. The molecule has 0 fully saturated rings. The number of nitrogens with zero attached hydrogens (tertiary/aromatic N) is 2. The van der Waals surface area contributed by atoms with Crippen LogP contribution in [-0.4, -0.2) is 23.5 Å². The van der Waals surface area contributed by atoms with Crippen molar-refractivity contribution in [1.29, 1.82) is 0 Å². The van der Waals surface area contributed by atoms with Gasteiger partial charge in [-0.1, -0.05) is 35.9 Å². The van der Waals surface area contributed by atoms with E-state index in [1.54, 1.807) is 31.3 Å². The van der Waals surface area contributed by atoms with Gasteiger partial charge in [-0.3, -0.25) is 14.8 Å². The molecule has 0 bridgehead atoms. The molecule has 1 N–H and O–H groups in total. The van der Waals surface area contributed by atoms with E-state index in [9.17, 15) is 4.39 Å². The SMILES string of the molecule is Cc1ccc(C)c(CC2CONC(c3cc(C)ncc3Oc3cccc(C)c3F)=N2)c1. The van der Waals surface area contributed by atoms with E-state index < -0.39 is 5.82 Å². The van der Waals surface area contributed by atoms with Crippen LogP contribution in [0, 0.1) is 33.5 Å². The molecule has 0 radical (unpaired) electrons. The molecular weight excluding hydrogens is 393 g/mol. The minimum absolute atomic E-state index is 0.0474. The van der Waals surface area contributed by atoms with Crippen LogP contribution < -0.4 is 10.2 Å². The summed E-state index contributed by atoms with van der Waals surface area (Å²) in [7, 11) is 0. The molecule has 0 amide bonds. The van der Waals surface area contributed by atoms with E-state index >= 15 is 0 Å². The molecule has 2 aromatic carbocycles. The number of rotatable bonds is 5. The molecule has 0 aliphatic carbocycles. The van der Waals surface area contributed by atoms with Crippen molar-refractivity contribution in [2.45, 2.75) is 40.2 Å². The molecule has 2 heterocycles. The number of hydroxylamine groups is 1. The van der Waals surface area contributed by atoms with Crippen molar-refractivity contribution < 1.29 is 14.0 Å². The van der Waals surface area contributed by atoms with Crippen LogP contribution in [0.3, 0.4) is 0 Å². The van der Waals surface area contributed by atoms with Gasteiger partial charge in [0.25, 0.3) is 0 Å². The predicted molar refractivity (Wildman–Crippen MR) is 119 cm³/mol. The number of amidine groups is 1. The molecule has 5 nitrogen and oxygen atoms in total. The zero-order valence-corrected chi connectivity index (χ0v) is 18.2. The maximum absolute atomic E-state index is 14.5. The summed E-state index contributed by atoms with van der Waals surface area (Å²) >= 11 is 0. The van der Waals surface area contributed by atoms with Gasteiger partial charge in [-0.25, -0.2) is 9.87 Å². The highest BCUT2D eigenvalue weighted by atomic mass is 19.1. The molecule has 1 atom stereocenters. The lowest BCUT2D eigenvalue weighted by atomic mass is 9.99. The minimum Gasteiger partial charge on any atom is -0.452 e. The summed E-state index contributed by atoms with van der Waals surface area (Å²) in [6.45, 7) is 8.25. The van der Waals surface area contributed by atoms with E-state index in [0.717, 1.165) is 12.1 Å². The summed E-state index contributed by atoms with van der Waals surface area (Å²) in [5, 5.41) is 0. The third-order valence-corrected chi connectivity index (χ3v) is 5.35. The summed E-state index contributed by atoms with van der Waals surface area (Å²) in [5.41, 5.74) is 8.61. The fraction of sp³-hybridized carbons (Fsp3) is 0.280. The summed E-state index contributed by atoms with van der Waals surface area (Å²) in [6, 6.07) is 13.3. The number of aromatic nitrogens is 1. The second-order valence-corrected chi connectivity index (χ2v) is 7.99. The van der Waals surface area contributed by atoms with E-state index in [0.29, 0.717) is 29.3 Å². The molecule has 0 spiro atoms. The quantitative estimate of drug-likeness (QED) is 0.622. The number of aryl methyl sites for hydroxylation is 4. The van der Waals surface area contributed by atoms with Crippen molar-refractivity contribution in [2.24, 2.45) is 4.99 Å². The Kier molecular flexibility index (Phi) is 6.00. The average Bonchev–Trinajstić information content (AvgIpc) is 2.75. The van der Waals surface area contributed by atoms with Gasteiger partial charge in [-0.05, 0) is 62.9 Å². The molecule has 6 heteroatoms. The number of pyridine rings is 1. The fourth-order valence-electron chi connectivity index (χ4n) is 3.59. The van der Waals surface area contributed by atoms with Gasteiger partial charge >= 0.3 is 0 Å². The maximum atomic E-state index is 14.5. The number of benzene rings is 2. The summed E-state index contributed by atoms with van der Waals surface area (Å²) in [5.74, 6) is 0.722. The van der Waals surface area contributed by atoms with Crippen molar-refractivity contribution in [1.82, 2.24) is 10.5 Å². The highest BCUT2D eigenvalue weighted by Crippen LogP contribution is 2.29. The highest BCUT2D eigenvalue weighted by Gasteiger charge is 2.22. The van der Waals surface area contributed by atoms with Gasteiger partial charge in [0.05, 0.1) is 24.4 Å². The lowest BCUT2D eigenvalue weighted by Crippen LogP contribution is -2.37. The number of hydrogen-bond donors (Lipinski definition) is 1. The molecule has 160 valence electrons. The van der Waals surface area contributed by atoms with Crippen molar-refractivity contribution >= 4 is 5.84 Å². The van der Waals surface area contributed by atoms with Gasteiger partial charge in [-0.15, -0.1) is 0 Å². The summed E-state index contributed by atoms with van der Waals surface area (Å²) in [4.78, 5) is 14.8. The first-order valence-corrected chi connectivity index (χ1v) is 10.3. The van der Waals surface area contributed by atoms with Crippen LogP contribution in [0.2, 0.25) is 0 Å². The normalized spacial score (nSPS) is 15.9. The average molecular weight is 420 g/mol. The Labute approximate surface area is 181 Å². The third-order valence-electron chi connectivity index (χ3n) is 5.35. The number of nitrogens with one attached hydrogen (secondary N) is 1. The smallest absolute Gasteiger partial charge is 0.168 e. The third kappa shape index (κ3) is 4.75. The van der Waals surface area contributed by atoms with E-state index in [2.05, 4.69) is 42.5 Å². The Balaban J connectivity index is 1.65. The molecule has 4 rings (SSSR count). The van der Waals surface area contributed by atoms with Crippen LogP contribution in [0.15, 0.2) is 53.7 Å². The Morgan fingerprint density at radius 2 is 1.90 bits per heavy atom. The monoisotopic (exact) mass is 419 g/mol. The molecule has 1 aromatic heterocycles. The molecule has 0 saturated heterocycles. The van der Waals surface area contributed by atoms with E-state index in [1.165, 1.54) is 16.7 Å². The topological polar surface area (TPSA) is 55.7 Å². The molecule has 3 aromatic rings. The Morgan fingerprint density at radius 1 is 1.06 bits per heavy atom. The van der Waals surface area contributed by atoms with Gasteiger partial charge in [0.1, 0.15) is 0 Å². The first kappa shape index (κ1) is 21.0. The van der Waals surface area contributed by atoms with Gasteiger partial charge in [0.15, 0.2) is 23.2 Å². The molecule has 1 aliphatic rings. The summed E-state index contributed by atoms with van der Waals surface area (Å²) < 4.78 is 20.4. The lowest BCUT2D eigenvalue weighted by Gasteiger charge is -2.24. The summed E-state index contributed by atoms with van der Waals surface area (Å²) in [6.07, 6.45) is 2.36. The van der Waals surface area contributed by atoms with Gasteiger partial charge < -0.3 is 4.74 Å². The standard InChI is InChI=1S/C25H26FN3O2/c1-15-8-9-16(2)19(10-15)12-20-14-30-29-25(28-20)21-11-18(4)27-13-23(21)31-22-7-5-6-17(3)24(22)26/h5-11,13,20H,12,14H2,1-4H3,(H,28,29). The van der Waals surface area contributed by atoms with Crippen molar-refractivity contribution in [3.05, 3.63) is 88.0 Å². The zero-order valence-electron chi connectivity index (χ0n) is 18.2. The maximum Gasteiger partial charge on any atom is 0.168 e. The first-order valence-electron chi connectivity index (χ1n) is 10.3. The van der Waals surface area contributed by atoms with Crippen LogP contribution in [-0.2, 0) is 11.3 Å². The molecule has 1 aliphatic heterocycles. The van der Waals surface area contributed by atoms with Crippen molar-refractivity contribution in [3.8, 4) is 11.5 Å². The van der Waals surface area contributed by atoms with E-state index in [-0.39, 0.29) is 11.8 Å². The zero-order chi connectivity index (χ0) is 22.0. The Hall–Kier alpha value is -3.25. The van der Waals surface area contributed by atoms with Crippen LogP contribution >= 0.6 is 0 Å². The van der Waals surface area contributed by atoms with Gasteiger partial charge in [-0.2, -0.15) is 0 Å². The Morgan fingerprint density at radius 3 is 2.74 bits per heavy atom. The largest absolute Gasteiger partial charge is 0.452 e. The number of aliphatic imine (C=N–C) groups is 1. The number of ether oxygens (including phenoxy) is 1. The molecule has 31 heavy (non-hydrogen) atoms. The second kappa shape index (κ2) is 8.86. The highest BCUT2D eigenvalue weighted by molar-refractivity contribution is 6.01. The van der Waals surface area contributed by atoms with Crippen molar-refractivity contribution in [2.75, 3.05) is 6.61 Å². The van der Waals surface area contributed by atoms with E-state index in [4.69, 9.17) is 14.6 Å².